The van der Waals surface area contributed by atoms with Gasteiger partial charge < -0.3 is 9.47 Å². The molecule has 0 aliphatic heterocycles. The van der Waals surface area contributed by atoms with Crippen LogP contribution in [0.1, 0.15) is 105 Å². The molecule has 0 heterocycles. The van der Waals surface area contributed by atoms with E-state index in [1.54, 1.807) is 0 Å². The van der Waals surface area contributed by atoms with Crippen LogP contribution in [0.5, 0.6) is 0 Å². The zero-order valence-electron chi connectivity index (χ0n) is 18.4. The Bertz CT molecular complexity index is 495. The fourth-order valence-corrected chi connectivity index (χ4v) is 5.53. The van der Waals surface area contributed by atoms with Gasteiger partial charge in [-0.2, -0.15) is 0 Å². The van der Waals surface area contributed by atoms with E-state index in [2.05, 4.69) is 27.7 Å². The molecule has 2 rings (SSSR count). The summed E-state index contributed by atoms with van der Waals surface area (Å²) in [4.78, 5) is 24.7. The van der Waals surface area contributed by atoms with E-state index in [1.807, 2.05) is 0 Å². The first kappa shape index (κ1) is 23.0. The lowest BCUT2D eigenvalue weighted by Gasteiger charge is -2.42. The van der Waals surface area contributed by atoms with Crippen molar-refractivity contribution in [3.63, 3.8) is 0 Å². The van der Waals surface area contributed by atoms with E-state index in [0.717, 1.165) is 64.2 Å². The predicted molar refractivity (Wildman–Crippen MR) is 112 cm³/mol. The molecule has 2 unspecified atom stereocenters. The topological polar surface area (TPSA) is 52.6 Å². The van der Waals surface area contributed by atoms with Crippen LogP contribution in [0.4, 0.5) is 0 Å². The monoisotopic (exact) mass is 392 g/mol. The van der Waals surface area contributed by atoms with E-state index in [9.17, 15) is 9.59 Å². The summed E-state index contributed by atoms with van der Waals surface area (Å²) >= 11 is 0. The van der Waals surface area contributed by atoms with Crippen LogP contribution in [0.15, 0.2) is 12.2 Å². The summed E-state index contributed by atoms with van der Waals surface area (Å²) in [7, 11) is 0. The third-order valence-electron chi connectivity index (χ3n) is 7.84. The highest BCUT2D eigenvalue weighted by molar-refractivity contribution is 5.91. The number of hydrogen-bond acceptors (Lipinski definition) is 4. The Kier molecular flexibility index (Phi) is 8.57. The Labute approximate surface area is 171 Å². The van der Waals surface area contributed by atoms with Gasteiger partial charge in [0.2, 0.25) is 0 Å². The van der Waals surface area contributed by atoms with Crippen molar-refractivity contribution in [3.05, 3.63) is 12.2 Å². The first-order chi connectivity index (χ1) is 13.4. The number of ether oxygens (including phenoxy) is 2. The van der Waals surface area contributed by atoms with Crippen molar-refractivity contribution in [2.45, 2.75) is 117 Å². The first-order valence-corrected chi connectivity index (χ1v) is 11.5. The summed E-state index contributed by atoms with van der Waals surface area (Å²) in [5, 5.41) is 0. The smallest absolute Gasteiger partial charge is 0.331 e. The van der Waals surface area contributed by atoms with E-state index in [-0.39, 0.29) is 23.0 Å². The van der Waals surface area contributed by atoms with Crippen molar-refractivity contribution in [2.24, 2.45) is 10.8 Å². The largest absolute Gasteiger partial charge is 0.459 e. The van der Waals surface area contributed by atoms with Crippen LogP contribution >= 0.6 is 0 Å². The molecule has 2 aliphatic carbocycles. The number of rotatable bonds is 8. The lowest BCUT2D eigenvalue weighted by Crippen LogP contribution is -2.40. The van der Waals surface area contributed by atoms with Crippen molar-refractivity contribution in [1.82, 2.24) is 0 Å². The first-order valence-electron chi connectivity index (χ1n) is 11.5. The van der Waals surface area contributed by atoms with Crippen LogP contribution in [-0.4, -0.2) is 24.1 Å². The molecule has 2 fully saturated rings. The van der Waals surface area contributed by atoms with Crippen molar-refractivity contribution in [3.8, 4) is 0 Å². The maximum Gasteiger partial charge on any atom is 0.331 e. The molecule has 0 bridgehead atoms. The minimum Gasteiger partial charge on any atom is -0.459 e. The fourth-order valence-electron chi connectivity index (χ4n) is 5.53. The Balaban J connectivity index is 1.93. The second-order valence-electron chi connectivity index (χ2n) is 8.81. The third-order valence-corrected chi connectivity index (χ3v) is 7.84. The standard InChI is InChI=1S/C24H40O4/c1-5-23(6-2)17-11-9-13-19(23)27-21(25)15-16-22(26)28-20-14-10-12-18-24(20,7-3)8-4/h15-16,19-20H,5-14,17-18H2,1-4H3/b16-15-. The lowest BCUT2D eigenvalue weighted by molar-refractivity contribution is -0.157. The van der Waals surface area contributed by atoms with Crippen LogP contribution in [0.3, 0.4) is 0 Å². The average molecular weight is 393 g/mol. The Hall–Kier alpha value is -1.32. The summed E-state index contributed by atoms with van der Waals surface area (Å²) in [5.41, 5.74) is 0.179. The van der Waals surface area contributed by atoms with Crippen molar-refractivity contribution in [2.75, 3.05) is 0 Å². The summed E-state index contributed by atoms with van der Waals surface area (Å²) in [6.07, 6.45) is 15.2. The molecule has 0 aromatic carbocycles. The minimum atomic E-state index is -0.420. The molecule has 2 saturated carbocycles. The van der Waals surface area contributed by atoms with Gasteiger partial charge in [0, 0.05) is 23.0 Å². The quantitative estimate of drug-likeness (QED) is 0.368. The minimum absolute atomic E-state index is 0.0457. The van der Waals surface area contributed by atoms with E-state index in [0.29, 0.717) is 0 Å². The van der Waals surface area contributed by atoms with Gasteiger partial charge in [-0.05, 0) is 64.2 Å². The molecular weight excluding hydrogens is 352 g/mol. The van der Waals surface area contributed by atoms with Gasteiger partial charge in [0.15, 0.2) is 0 Å². The van der Waals surface area contributed by atoms with Gasteiger partial charge >= 0.3 is 11.9 Å². The molecule has 2 aliphatic rings. The van der Waals surface area contributed by atoms with Gasteiger partial charge in [0.1, 0.15) is 12.2 Å². The molecule has 2 atom stereocenters. The predicted octanol–water partition coefficient (Wildman–Crippen LogP) is 6.13. The highest BCUT2D eigenvalue weighted by Gasteiger charge is 2.41. The van der Waals surface area contributed by atoms with E-state index in [1.165, 1.54) is 25.0 Å². The van der Waals surface area contributed by atoms with Crippen LogP contribution in [0.25, 0.3) is 0 Å². The number of hydrogen-bond donors (Lipinski definition) is 0. The van der Waals surface area contributed by atoms with Gasteiger partial charge in [-0.3, -0.25) is 0 Å². The van der Waals surface area contributed by atoms with Gasteiger partial charge in [0.05, 0.1) is 0 Å². The van der Waals surface area contributed by atoms with Crippen LogP contribution < -0.4 is 0 Å². The summed E-state index contributed by atoms with van der Waals surface area (Å²) in [6, 6.07) is 0. The summed E-state index contributed by atoms with van der Waals surface area (Å²) in [5.74, 6) is -0.841. The Morgan fingerprint density at radius 2 is 1.07 bits per heavy atom. The van der Waals surface area contributed by atoms with Gasteiger partial charge in [-0.25, -0.2) is 9.59 Å². The molecule has 0 spiro atoms. The second-order valence-corrected chi connectivity index (χ2v) is 8.81. The SMILES string of the molecule is CCC1(CC)CCCCC1OC(=O)/C=C\C(=O)OC1CCCCC1(CC)CC. The van der Waals surface area contributed by atoms with Gasteiger partial charge in [-0.1, -0.05) is 40.5 Å². The summed E-state index contributed by atoms with van der Waals surface area (Å²) < 4.78 is 11.6. The van der Waals surface area contributed by atoms with Crippen LogP contribution in [-0.2, 0) is 19.1 Å². The van der Waals surface area contributed by atoms with E-state index >= 15 is 0 Å². The van der Waals surface area contributed by atoms with Crippen molar-refractivity contribution in [1.29, 1.82) is 0 Å². The average Bonchev–Trinajstić information content (AvgIpc) is 2.73. The van der Waals surface area contributed by atoms with Gasteiger partial charge in [0.25, 0.3) is 0 Å². The maximum atomic E-state index is 12.4. The van der Waals surface area contributed by atoms with E-state index < -0.39 is 11.9 Å². The highest BCUT2D eigenvalue weighted by atomic mass is 16.5. The molecule has 4 heteroatoms. The molecule has 0 radical (unpaired) electrons. The lowest BCUT2D eigenvalue weighted by atomic mass is 9.68. The molecule has 0 aromatic heterocycles. The zero-order valence-corrected chi connectivity index (χ0v) is 18.4. The Morgan fingerprint density at radius 3 is 1.39 bits per heavy atom. The number of carbonyl (C=O) groups is 2. The van der Waals surface area contributed by atoms with Crippen LogP contribution in [0.2, 0.25) is 0 Å². The Morgan fingerprint density at radius 1 is 0.714 bits per heavy atom. The molecule has 28 heavy (non-hydrogen) atoms. The number of carbonyl (C=O) groups excluding carboxylic acids is 2. The molecule has 0 amide bonds. The highest BCUT2D eigenvalue weighted by Crippen LogP contribution is 2.45. The second kappa shape index (κ2) is 10.5. The fraction of sp³-hybridized carbons (Fsp3) is 0.833. The van der Waals surface area contributed by atoms with E-state index in [4.69, 9.17) is 9.47 Å². The third kappa shape index (κ3) is 5.18. The van der Waals surface area contributed by atoms with Crippen molar-refractivity contribution >= 4 is 11.9 Å². The molecular formula is C24H40O4. The summed E-state index contributed by atoms with van der Waals surface area (Å²) in [6.45, 7) is 8.73. The van der Waals surface area contributed by atoms with Crippen LogP contribution in [0, 0.1) is 10.8 Å². The molecule has 0 saturated heterocycles. The van der Waals surface area contributed by atoms with Crippen molar-refractivity contribution < 1.29 is 19.1 Å². The molecule has 160 valence electrons. The molecule has 0 N–H and O–H groups in total. The maximum absolute atomic E-state index is 12.4. The zero-order chi connectivity index (χ0) is 20.6. The number of esters is 2. The molecule has 0 aromatic rings. The van der Waals surface area contributed by atoms with Gasteiger partial charge in [-0.15, -0.1) is 0 Å². The normalized spacial score (nSPS) is 26.7. The molecule has 4 nitrogen and oxygen atoms in total.